The summed E-state index contributed by atoms with van der Waals surface area (Å²) in [5, 5.41) is 9.11. The number of fused-ring (bicyclic) bond motifs is 1. The van der Waals surface area contributed by atoms with Crippen LogP contribution in [0.1, 0.15) is 60.5 Å². The van der Waals surface area contributed by atoms with Crippen LogP contribution in [0, 0.1) is 5.41 Å². The van der Waals surface area contributed by atoms with Crippen molar-refractivity contribution in [3.05, 3.63) is 65.2 Å². The van der Waals surface area contributed by atoms with E-state index in [-0.39, 0.29) is 12.2 Å². The lowest BCUT2D eigenvalue weighted by Crippen LogP contribution is -2.29. The lowest BCUT2D eigenvalue weighted by atomic mass is 9.75. The van der Waals surface area contributed by atoms with E-state index in [0.717, 1.165) is 41.7 Å². The van der Waals surface area contributed by atoms with Crippen LogP contribution in [-0.2, 0) is 17.8 Å². The van der Waals surface area contributed by atoms with Gasteiger partial charge < -0.3 is 9.84 Å². The largest absolute Gasteiger partial charge is 0.489 e. The van der Waals surface area contributed by atoms with Gasteiger partial charge in [-0.15, -0.1) is 0 Å². The predicted octanol–water partition coefficient (Wildman–Crippen LogP) is 5.05. The molecule has 2 aromatic carbocycles. The molecule has 0 aromatic heterocycles. The average Bonchev–Trinajstić information content (AvgIpc) is 2.96. The normalized spacial score (nSPS) is 18.3. The van der Waals surface area contributed by atoms with Gasteiger partial charge in [-0.25, -0.2) is 0 Å². The monoisotopic (exact) mass is 366 g/mol. The summed E-state index contributed by atoms with van der Waals surface area (Å²) in [6.45, 7) is 2.57. The minimum absolute atomic E-state index is 0.0286. The summed E-state index contributed by atoms with van der Waals surface area (Å²) in [5.41, 5.74) is 2.22. The van der Waals surface area contributed by atoms with E-state index in [4.69, 9.17) is 9.84 Å². The maximum atomic E-state index is 13.1. The van der Waals surface area contributed by atoms with Crippen LogP contribution in [0.5, 0.6) is 5.75 Å². The minimum Gasteiger partial charge on any atom is -0.489 e. The van der Waals surface area contributed by atoms with Gasteiger partial charge in [0.1, 0.15) is 12.4 Å². The van der Waals surface area contributed by atoms with E-state index in [2.05, 4.69) is 6.92 Å². The standard InChI is InChI=1S/C23H26O4/c1-2-3-12-23(13-11-21(24)25)15-18-14-19(9-10-20(18)22(23)26)27-16-17-7-5-4-6-8-17/h4-10,14H,2-3,11-13,15-16H2,1H3,(H,24,25). The molecule has 0 saturated carbocycles. The molecule has 142 valence electrons. The Hall–Kier alpha value is -2.62. The van der Waals surface area contributed by atoms with Crippen LogP contribution in [0.3, 0.4) is 0 Å². The van der Waals surface area contributed by atoms with Gasteiger partial charge in [0.05, 0.1) is 0 Å². The first-order valence-electron chi connectivity index (χ1n) is 9.60. The second kappa shape index (κ2) is 8.38. The molecule has 4 heteroatoms. The van der Waals surface area contributed by atoms with Crippen molar-refractivity contribution in [1.29, 1.82) is 0 Å². The molecule has 3 rings (SSSR count). The molecule has 1 aliphatic carbocycles. The maximum absolute atomic E-state index is 13.1. The van der Waals surface area contributed by atoms with E-state index in [1.54, 1.807) is 0 Å². The summed E-state index contributed by atoms with van der Waals surface area (Å²) in [7, 11) is 0. The number of benzene rings is 2. The number of unbranched alkanes of at least 4 members (excludes halogenated alkanes) is 1. The van der Waals surface area contributed by atoms with Crippen molar-refractivity contribution >= 4 is 11.8 Å². The number of rotatable bonds is 9. The number of carboxylic acid groups (broad SMARTS) is 1. The Morgan fingerprint density at radius 1 is 1.15 bits per heavy atom. The highest BCUT2D eigenvalue weighted by molar-refractivity contribution is 6.05. The quantitative estimate of drug-likeness (QED) is 0.675. The number of hydrogen-bond acceptors (Lipinski definition) is 3. The number of carbonyl (C=O) groups excluding carboxylic acids is 1. The van der Waals surface area contributed by atoms with Gasteiger partial charge in [-0.2, -0.15) is 0 Å². The molecular weight excluding hydrogens is 340 g/mol. The lowest BCUT2D eigenvalue weighted by molar-refractivity contribution is -0.137. The SMILES string of the molecule is CCCCC1(CCC(=O)O)Cc2cc(OCc3ccccc3)ccc2C1=O. The van der Waals surface area contributed by atoms with Gasteiger partial charge in [0, 0.05) is 17.4 Å². The van der Waals surface area contributed by atoms with Gasteiger partial charge in [0.2, 0.25) is 0 Å². The highest BCUT2D eigenvalue weighted by Gasteiger charge is 2.44. The van der Waals surface area contributed by atoms with E-state index < -0.39 is 11.4 Å². The molecule has 0 spiro atoms. The van der Waals surface area contributed by atoms with Crippen LogP contribution in [0.15, 0.2) is 48.5 Å². The second-order valence-corrected chi connectivity index (χ2v) is 7.38. The number of aliphatic carboxylic acids is 1. The minimum atomic E-state index is -0.846. The fraction of sp³-hybridized carbons (Fsp3) is 0.391. The van der Waals surface area contributed by atoms with Crippen LogP contribution in [0.4, 0.5) is 0 Å². The molecule has 0 bridgehead atoms. The van der Waals surface area contributed by atoms with Crippen LogP contribution in [-0.4, -0.2) is 16.9 Å². The maximum Gasteiger partial charge on any atom is 0.303 e. The molecule has 1 aliphatic rings. The van der Waals surface area contributed by atoms with Crippen LogP contribution in [0.25, 0.3) is 0 Å². The zero-order chi connectivity index (χ0) is 19.3. The van der Waals surface area contributed by atoms with Gasteiger partial charge in [0.25, 0.3) is 0 Å². The summed E-state index contributed by atoms with van der Waals surface area (Å²) in [5.74, 6) is -0.00162. The van der Waals surface area contributed by atoms with E-state index in [9.17, 15) is 9.59 Å². The molecule has 1 N–H and O–H groups in total. The van der Waals surface area contributed by atoms with Gasteiger partial charge in [-0.05, 0) is 48.6 Å². The molecule has 27 heavy (non-hydrogen) atoms. The Morgan fingerprint density at radius 3 is 2.63 bits per heavy atom. The van der Waals surface area contributed by atoms with E-state index in [1.807, 2.05) is 48.5 Å². The number of ketones is 1. The lowest BCUT2D eigenvalue weighted by Gasteiger charge is -2.26. The Bertz CT molecular complexity index is 812. The van der Waals surface area contributed by atoms with E-state index >= 15 is 0 Å². The smallest absolute Gasteiger partial charge is 0.303 e. The highest BCUT2D eigenvalue weighted by Crippen LogP contribution is 2.45. The summed E-state index contributed by atoms with van der Waals surface area (Å²) in [4.78, 5) is 24.2. The Balaban J connectivity index is 1.77. The Labute approximate surface area is 160 Å². The van der Waals surface area contributed by atoms with Crippen molar-refractivity contribution in [3.63, 3.8) is 0 Å². The molecule has 0 radical (unpaired) electrons. The number of carboxylic acids is 1. The van der Waals surface area contributed by atoms with Gasteiger partial charge in [-0.3, -0.25) is 9.59 Å². The van der Waals surface area contributed by atoms with Crippen molar-refractivity contribution in [2.45, 2.75) is 52.1 Å². The molecule has 1 atom stereocenters. The van der Waals surface area contributed by atoms with Gasteiger partial charge in [-0.1, -0.05) is 50.1 Å². The highest BCUT2D eigenvalue weighted by atomic mass is 16.5. The summed E-state index contributed by atoms with van der Waals surface area (Å²) in [6.07, 6.45) is 3.69. The second-order valence-electron chi connectivity index (χ2n) is 7.38. The number of hydrogen-bond donors (Lipinski definition) is 1. The van der Waals surface area contributed by atoms with Gasteiger partial charge >= 0.3 is 5.97 Å². The topological polar surface area (TPSA) is 63.6 Å². The zero-order valence-electron chi connectivity index (χ0n) is 15.7. The first-order chi connectivity index (χ1) is 13.0. The third-order valence-electron chi connectivity index (χ3n) is 5.41. The van der Waals surface area contributed by atoms with E-state index in [1.165, 1.54) is 0 Å². The van der Waals surface area contributed by atoms with Crippen molar-refractivity contribution in [1.82, 2.24) is 0 Å². The molecule has 0 heterocycles. The Kier molecular flexibility index (Phi) is 5.94. The summed E-state index contributed by atoms with van der Waals surface area (Å²) in [6, 6.07) is 15.6. The third kappa shape index (κ3) is 4.38. The molecule has 1 unspecified atom stereocenters. The molecule has 0 aliphatic heterocycles. The average molecular weight is 366 g/mol. The number of Topliss-reactive ketones (excluding diaryl/α,β-unsaturated/α-hetero) is 1. The Morgan fingerprint density at radius 2 is 1.93 bits per heavy atom. The molecule has 0 fully saturated rings. The molecule has 4 nitrogen and oxygen atoms in total. The van der Waals surface area contributed by atoms with Crippen molar-refractivity contribution in [2.24, 2.45) is 5.41 Å². The van der Waals surface area contributed by atoms with Crippen molar-refractivity contribution in [2.75, 3.05) is 0 Å². The van der Waals surface area contributed by atoms with Crippen molar-refractivity contribution < 1.29 is 19.4 Å². The third-order valence-corrected chi connectivity index (χ3v) is 5.41. The first kappa shape index (κ1) is 19.2. The van der Waals surface area contributed by atoms with Crippen LogP contribution < -0.4 is 4.74 Å². The van der Waals surface area contributed by atoms with E-state index in [0.29, 0.717) is 19.4 Å². The molecule has 0 saturated heterocycles. The van der Waals surface area contributed by atoms with Crippen LogP contribution >= 0.6 is 0 Å². The van der Waals surface area contributed by atoms with Crippen molar-refractivity contribution in [3.8, 4) is 5.75 Å². The molecule has 2 aromatic rings. The fourth-order valence-electron chi connectivity index (χ4n) is 3.89. The zero-order valence-corrected chi connectivity index (χ0v) is 15.7. The predicted molar refractivity (Wildman–Crippen MR) is 104 cm³/mol. The fourth-order valence-corrected chi connectivity index (χ4v) is 3.89. The number of carbonyl (C=O) groups is 2. The summed E-state index contributed by atoms with van der Waals surface area (Å²) < 4.78 is 5.89. The first-order valence-corrected chi connectivity index (χ1v) is 9.60. The summed E-state index contributed by atoms with van der Waals surface area (Å²) >= 11 is 0. The molecular formula is C23H26O4. The van der Waals surface area contributed by atoms with Crippen LogP contribution in [0.2, 0.25) is 0 Å². The van der Waals surface area contributed by atoms with Gasteiger partial charge in [0.15, 0.2) is 5.78 Å². The molecule has 0 amide bonds. The number of ether oxygens (including phenoxy) is 1.